The highest BCUT2D eigenvalue weighted by Gasteiger charge is 2.41. The van der Waals surface area contributed by atoms with Crippen LogP contribution in [0.25, 0.3) is 0 Å². The van der Waals surface area contributed by atoms with E-state index in [4.69, 9.17) is 0 Å². The van der Waals surface area contributed by atoms with Gasteiger partial charge in [0.2, 0.25) is 0 Å². The van der Waals surface area contributed by atoms with E-state index in [0.717, 1.165) is 6.04 Å². The van der Waals surface area contributed by atoms with E-state index in [1.165, 1.54) is 11.1 Å². The summed E-state index contributed by atoms with van der Waals surface area (Å²) in [5.41, 5.74) is 2.91. The minimum atomic E-state index is 0.672. The van der Waals surface area contributed by atoms with Crippen LogP contribution in [0.1, 0.15) is 24.1 Å². The number of likely N-dealkylation sites (N-methyl/N-ethyl adjacent to an activating group) is 1. The Morgan fingerprint density at radius 2 is 1.83 bits per heavy atom. The number of aryl methyl sites for hydroxylation is 1. The quantitative estimate of drug-likeness (QED) is 0.571. The lowest BCUT2D eigenvalue weighted by Crippen LogP contribution is -1.90. The molecule has 0 aliphatic carbocycles. The number of benzene rings is 1. The molecule has 1 aromatic rings. The van der Waals surface area contributed by atoms with Crippen molar-refractivity contribution in [1.82, 2.24) is 4.90 Å². The first-order valence-corrected chi connectivity index (χ1v) is 4.49. The van der Waals surface area contributed by atoms with Crippen molar-refractivity contribution in [3.8, 4) is 0 Å². The summed E-state index contributed by atoms with van der Waals surface area (Å²) < 4.78 is 0. The first-order valence-electron chi connectivity index (χ1n) is 4.49. The van der Waals surface area contributed by atoms with Gasteiger partial charge in [0, 0.05) is 6.04 Å². The summed E-state index contributed by atoms with van der Waals surface area (Å²) in [6.07, 6.45) is 0. The van der Waals surface area contributed by atoms with E-state index < -0.39 is 0 Å². The van der Waals surface area contributed by atoms with E-state index in [0.29, 0.717) is 6.04 Å². The van der Waals surface area contributed by atoms with E-state index in [1.54, 1.807) is 0 Å². The van der Waals surface area contributed by atoms with Crippen LogP contribution in [0.3, 0.4) is 0 Å². The number of hydrogen-bond acceptors (Lipinski definition) is 1. The number of rotatable bonds is 1. The highest BCUT2D eigenvalue weighted by molar-refractivity contribution is 5.33. The van der Waals surface area contributed by atoms with Gasteiger partial charge in [-0.2, -0.15) is 0 Å². The van der Waals surface area contributed by atoms with Gasteiger partial charge in [0.15, 0.2) is 0 Å². The summed E-state index contributed by atoms with van der Waals surface area (Å²) in [6.45, 7) is 4.46. The molecule has 12 heavy (non-hydrogen) atoms. The molecule has 1 saturated heterocycles. The summed E-state index contributed by atoms with van der Waals surface area (Å²) >= 11 is 0. The molecule has 1 aliphatic rings. The molecule has 1 aliphatic heterocycles. The second kappa shape index (κ2) is 2.60. The highest BCUT2D eigenvalue weighted by Crippen LogP contribution is 2.41. The average molecular weight is 161 g/mol. The molecule has 3 atom stereocenters. The van der Waals surface area contributed by atoms with Gasteiger partial charge in [-0.1, -0.05) is 24.3 Å². The SMILES string of the molecule is Cc1ccccc1[C@H]1[C@H](C)N1C. The molecule has 1 unspecified atom stereocenters. The lowest BCUT2D eigenvalue weighted by molar-refractivity contribution is 0.600. The molecule has 0 N–H and O–H groups in total. The maximum absolute atomic E-state index is 2.39. The third kappa shape index (κ3) is 1.05. The van der Waals surface area contributed by atoms with Gasteiger partial charge in [0.05, 0.1) is 6.04 Å². The fraction of sp³-hybridized carbons (Fsp3) is 0.455. The van der Waals surface area contributed by atoms with Crippen molar-refractivity contribution in [3.05, 3.63) is 35.4 Å². The highest BCUT2D eigenvalue weighted by atomic mass is 15.3. The van der Waals surface area contributed by atoms with E-state index >= 15 is 0 Å². The van der Waals surface area contributed by atoms with Gasteiger partial charge in [-0.25, -0.2) is 0 Å². The van der Waals surface area contributed by atoms with Crippen molar-refractivity contribution in [2.75, 3.05) is 7.05 Å². The number of hydrogen-bond donors (Lipinski definition) is 0. The van der Waals surface area contributed by atoms with E-state index in [1.807, 2.05) is 0 Å². The molecule has 0 amide bonds. The first kappa shape index (κ1) is 7.81. The molecule has 1 aromatic carbocycles. The van der Waals surface area contributed by atoms with Gasteiger partial charge in [-0.05, 0) is 32.0 Å². The van der Waals surface area contributed by atoms with Gasteiger partial charge in [-0.3, -0.25) is 4.90 Å². The zero-order valence-corrected chi connectivity index (χ0v) is 7.91. The second-order valence-electron chi connectivity index (χ2n) is 3.71. The summed E-state index contributed by atoms with van der Waals surface area (Å²) in [5, 5.41) is 0. The van der Waals surface area contributed by atoms with Crippen LogP contribution in [0.5, 0.6) is 0 Å². The van der Waals surface area contributed by atoms with Crippen molar-refractivity contribution in [1.29, 1.82) is 0 Å². The van der Waals surface area contributed by atoms with Crippen molar-refractivity contribution in [2.24, 2.45) is 0 Å². The minimum Gasteiger partial charge on any atom is -0.293 e. The normalized spacial score (nSPS) is 33.4. The smallest absolute Gasteiger partial charge is 0.0504 e. The molecule has 1 heteroatoms. The van der Waals surface area contributed by atoms with Gasteiger partial charge < -0.3 is 0 Å². The maximum atomic E-state index is 2.39. The van der Waals surface area contributed by atoms with Crippen molar-refractivity contribution in [3.63, 3.8) is 0 Å². The van der Waals surface area contributed by atoms with Crippen LogP contribution < -0.4 is 0 Å². The van der Waals surface area contributed by atoms with E-state index in [2.05, 4.69) is 50.1 Å². The van der Waals surface area contributed by atoms with Crippen molar-refractivity contribution in [2.45, 2.75) is 25.9 Å². The third-order valence-electron chi connectivity index (χ3n) is 2.96. The van der Waals surface area contributed by atoms with Crippen LogP contribution in [0.15, 0.2) is 24.3 Å². The van der Waals surface area contributed by atoms with Crippen molar-refractivity contribution >= 4 is 0 Å². The van der Waals surface area contributed by atoms with Crippen LogP contribution in [0, 0.1) is 6.92 Å². The molecule has 1 heterocycles. The molecule has 64 valence electrons. The van der Waals surface area contributed by atoms with Gasteiger partial charge in [-0.15, -0.1) is 0 Å². The molecule has 2 rings (SSSR count). The van der Waals surface area contributed by atoms with Gasteiger partial charge in [0.25, 0.3) is 0 Å². The first-order chi connectivity index (χ1) is 5.72. The zero-order chi connectivity index (χ0) is 8.72. The Bertz CT molecular complexity index is 285. The molecule has 1 nitrogen and oxygen atoms in total. The number of nitrogens with zero attached hydrogens (tertiary/aromatic N) is 1. The van der Waals surface area contributed by atoms with Crippen LogP contribution in [-0.4, -0.2) is 18.0 Å². The molecular weight excluding hydrogens is 146 g/mol. The summed E-state index contributed by atoms with van der Waals surface area (Å²) in [5.74, 6) is 0. The molecular formula is C11H15N. The van der Waals surface area contributed by atoms with Crippen LogP contribution >= 0.6 is 0 Å². The van der Waals surface area contributed by atoms with Crippen LogP contribution in [-0.2, 0) is 0 Å². The van der Waals surface area contributed by atoms with E-state index in [9.17, 15) is 0 Å². The molecule has 0 saturated carbocycles. The summed E-state index contributed by atoms with van der Waals surface area (Å²) in [7, 11) is 2.18. The Balaban J connectivity index is 2.30. The Kier molecular flexibility index (Phi) is 1.69. The fourth-order valence-electron chi connectivity index (χ4n) is 1.89. The Morgan fingerprint density at radius 1 is 1.25 bits per heavy atom. The Labute approximate surface area is 74.0 Å². The molecule has 0 radical (unpaired) electrons. The molecule has 0 aromatic heterocycles. The monoisotopic (exact) mass is 161 g/mol. The van der Waals surface area contributed by atoms with Crippen molar-refractivity contribution < 1.29 is 0 Å². The minimum absolute atomic E-state index is 0.672. The average Bonchev–Trinajstić information content (AvgIpc) is 2.62. The lowest BCUT2D eigenvalue weighted by Gasteiger charge is -2.02. The predicted octanol–water partition coefficient (Wildman–Crippen LogP) is 2.37. The zero-order valence-electron chi connectivity index (χ0n) is 7.91. The topological polar surface area (TPSA) is 3.01 Å². The van der Waals surface area contributed by atoms with Gasteiger partial charge >= 0.3 is 0 Å². The maximum Gasteiger partial charge on any atom is 0.0504 e. The molecule has 0 spiro atoms. The molecule has 0 bridgehead atoms. The standard InChI is InChI=1S/C11H15N/c1-8-6-4-5-7-10(8)11-9(2)12(11)3/h4-7,9,11H,1-3H3/t9-,11+,12?/m0/s1. The third-order valence-corrected chi connectivity index (χ3v) is 2.96. The predicted molar refractivity (Wildman–Crippen MR) is 51.1 cm³/mol. The van der Waals surface area contributed by atoms with Crippen LogP contribution in [0.2, 0.25) is 0 Å². The lowest BCUT2D eigenvalue weighted by atomic mass is 10.0. The molecule has 1 fully saturated rings. The summed E-state index contributed by atoms with van der Waals surface area (Å²) in [4.78, 5) is 2.39. The largest absolute Gasteiger partial charge is 0.293 e. The second-order valence-corrected chi connectivity index (χ2v) is 3.71. The van der Waals surface area contributed by atoms with Crippen LogP contribution in [0.4, 0.5) is 0 Å². The Morgan fingerprint density at radius 3 is 2.33 bits per heavy atom. The Hall–Kier alpha value is -0.820. The summed E-state index contributed by atoms with van der Waals surface area (Å²) in [6, 6.07) is 10.1. The van der Waals surface area contributed by atoms with E-state index in [-0.39, 0.29) is 0 Å². The van der Waals surface area contributed by atoms with Gasteiger partial charge in [0.1, 0.15) is 0 Å². The fourth-order valence-corrected chi connectivity index (χ4v) is 1.89.